The third-order valence-corrected chi connectivity index (χ3v) is 8.00. The molecule has 0 unspecified atom stereocenters. The molecule has 2 fully saturated rings. The molecule has 2 aliphatic heterocycles. The minimum Gasteiger partial charge on any atom is -0.299 e. The quantitative estimate of drug-likeness (QED) is 0.313. The number of aliphatic imine (C=N–C) groups is 2. The molecule has 2 aromatic carbocycles. The molecular formula is C33H39F2N5. The Kier molecular flexibility index (Phi) is 9.45. The van der Waals surface area contributed by atoms with E-state index in [1.807, 2.05) is 42.5 Å². The Morgan fingerprint density at radius 3 is 1.40 bits per heavy atom. The molecule has 0 aliphatic carbocycles. The van der Waals surface area contributed by atoms with Crippen molar-refractivity contribution in [2.75, 3.05) is 26.2 Å². The van der Waals surface area contributed by atoms with Crippen molar-refractivity contribution in [3.05, 3.63) is 101 Å². The molecule has 0 saturated carbocycles. The smallest absolute Gasteiger partial charge is 0.123 e. The molecule has 0 amide bonds. The summed E-state index contributed by atoms with van der Waals surface area (Å²) in [5.41, 5.74) is 6.06. The molecule has 7 heteroatoms. The van der Waals surface area contributed by atoms with E-state index >= 15 is 0 Å². The van der Waals surface area contributed by atoms with E-state index in [2.05, 4.69) is 23.6 Å². The Bertz CT molecular complexity index is 1200. The molecule has 0 spiro atoms. The average molecular weight is 544 g/mol. The fourth-order valence-electron chi connectivity index (χ4n) is 5.63. The van der Waals surface area contributed by atoms with Crippen LogP contribution in [0.2, 0.25) is 0 Å². The molecule has 5 nitrogen and oxygen atoms in total. The van der Waals surface area contributed by atoms with Gasteiger partial charge in [-0.15, -0.1) is 0 Å². The van der Waals surface area contributed by atoms with Crippen molar-refractivity contribution in [1.82, 2.24) is 14.8 Å². The maximum atomic E-state index is 13.2. The standard InChI is InChI=1S/C33H39F2N5/c1-24(36-30-14-18-39(19-15-30)22-26-6-10-28(34)11-7-26)32-4-3-5-33(38-32)25(2)37-31-16-20-40(21-17-31)23-27-8-12-29(35)13-9-27/h3-13,30-31H,14-23H2,1-2H3. The molecule has 0 radical (unpaired) electrons. The number of hydrogen-bond acceptors (Lipinski definition) is 5. The topological polar surface area (TPSA) is 44.1 Å². The predicted octanol–water partition coefficient (Wildman–Crippen LogP) is 6.31. The number of likely N-dealkylation sites (tertiary alicyclic amines) is 2. The number of pyridine rings is 1. The van der Waals surface area contributed by atoms with Gasteiger partial charge in [-0.25, -0.2) is 13.8 Å². The van der Waals surface area contributed by atoms with Crippen molar-refractivity contribution in [2.24, 2.45) is 9.98 Å². The van der Waals surface area contributed by atoms with Gasteiger partial charge in [-0.1, -0.05) is 30.3 Å². The summed E-state index contributed by atoms with van der Waals surface area (Å²) in [5, 5.41) is 0. The third kappa shape index (κ3) is 7.89. The Labute approximate surface area is 236 Å². The van der Waals surface area contributed by atoms with Gasteiger partial charge in [0.15, 0.2) is 0 Å². The van der Waals surface area contributed by atoms with Crippen molar-refractivity contribution < 1.29 is 8.78 Å². The van der Waals surface area contributed by atoms with Crippen LogP contribution in [0.3, 0.4) is 0 Å². The Morgan fingerprint density at radius 2 is 1.02 bits per heavy atom. The van der Waals surface area contributed by atoms with E-state index in [-0.39, 0.29) is 11.6 Å². The van der Waals surface area contributed by atoms with Crippen LogP contribution < -0.4 is 0 Å². The summed E-state index contributed by atoms with van der Waals surface area (Å²) in [5.74, 6) is -0.376. The van der Waals surface area contributed by atoms with Gasteiger partial charge in [-0.2, -0.15) is 0 Å². The van der Waals surface area contributed by atoms with Crippen LogP contribution in [0.15, 0.2) is 76.7 Å². The van der Waals surface area contributed by atoms with E-state index in [0.29, 0.717) is 12.1 Å². The van der Waals surface area contributed by atoms with E-state index < -0.39 is 0 Å². The lowest BCUT2D eigenvalue weighted by Crippen LogP contribution is -2.35. The largest absolute Gasteiger partial charge is 0.299 e. The first-order chi connectivity index (χ1) is 19.4. The highest BCUT2D eigenvalue weighted by Crippen LogP contribution is 2.19. The van der Waals surface area contributed by atoms with Crippen LogP contribution in [0.4, 0.5) is 8.78 Å². The van der Waals surface area contributed by atoms with Crippen LogP contribution in [-0.2, 0) is 13.1 Å². The molecule has 3 heterocycles. The molecule has 0 bridgehead atoms. The first-order valence-corrected chi connectivity index (χ1v) is 14.4. The van der Waals surface area contributed by atoms with Crippen LogP contribution in [0.1, 0.15) is 62.0 Å². The van der Waals surface area contributed by atoms with E-state index in [4.69, 9.17) is 15.0 Å². The highest BCUT2D eigenvalue weighted by atomic mass is 19.1. The van der Waals surface area contributed by atoms with Gasteiger partial charge in [0.2, 0.25) is 0 Å². The lowest BCUT2D eigenvalue weighted by atomic mass is 10.0. The fourth-order valence-corrected chi connectivity index (χ4v) is 5.63. The number of nitrogens with zero attached hydrogens (tertiary/aromatic N) is 5. The summed E-state index contributed by atoms with van der Waals surface area (Å²) < 4.78 is 26.4. The number of aromatic nitrogens is 1. The zero-order chi connectivity index (χ0) is 27.9. The minimum absolute atomic E-state index is 0.188. The normalized spacial score (nSPS) is 18.8. The maximum absolute atomic E-state index is 13.2. The minimum atomic E-state index is -0.188. The van der Waals surface area contributed by atoms with Gasteiger partial charge >= 0.3 is 0 Å². The van der Waals surface area contributed by atoms with Gasteiger partial charge in [0, 0.05) is 39.3 Å². The number of piperidine rings is 2. The zero-order valence-corrected chi connectivity index (χ0v) is 23.6. The average Bonchev–Trinajstić information content (AvgIpc) is 2.97. The predicted molar refractivity (Wildman–Crippen MR) is 158 cm³/mol. The summed E-state index contributed by atoms with van der Waals surface area (Å²) in [6.45, 7) is 9.76. The summed E-state index contributed by atoms with van der Waals surface area (Å²) in [7, 11) is 0. The van der Waals surface area contributed by atoms with E-state index in [0.717, 1.165) is 98.9 Å². The van der Waals surface area contributed by atoms with Crippen LogP contribution in [0.25, 0.3) is 0 Å². The number of benzene rings is 2. The highest BCUT2D eigenvalue weighted by molar-refractivity contribution is 6.00. The highest BCUT2D eigenvalue weighted by Gasteiger charge is 2.21. The molecular weight excluding hydrogens is 504 g/mol. The molecule has 210 valence electrons. The summed E-state index contributed by atoms with van der Waals surface area (Å²) >= 11 is 0. The molecule has 5 rings (SSSR count). The van der Waals surface area contributed by atoms with Crippen LogP contribution in [0, 0.1) is 11.6 Å². The number of rotatable bonds is 8. The molecule has 2 aliphatic rings. The first kappa shape index (κ1) is 28.2. The molecule has 1 aromatic heterocycles. The van der Waals surface area contributed by atoms with Crippen molar-refractivity contribution in [1.29, 1.82) is 0 Å². The fraction of sp³-hybridized carbons (Fsp3) is 0.424. The van der Waals surface area contributed by atoms with Gasteiger partial charge in [-0.3, -0.25) is 19.8 Å². The Morgan fingerprint density at radius 1 is 0.650 bits per heavy atom. The second-order valence-corrected chi connectivity index (χ2v) is 11.1. The monoisotopic (exact) mass is 543 g/mol. The van der Waals surface area contributed by atoms with E-state index in [1.54, 1.807) is 0 Å². The zero-order valence-electron chi connectivity index (χ0n) is 23.6. The Hall–Kier alpha value is -3.29. The second kappa shape index (κ2) is 13.4. The maximum Gasteiger partial charge on any atom is 0.123 e. The lowest BCUT2D eigenvalue weighted by Gasteiger charge is -2.30. The van der Waals surface area contributed by atoms with E-state index in [9.17, 15) is 8.78 Å². The van der Waals surface area contributed by atoms with Gasteiger partial charge in [-0.05, 0) is 87.1 Å². The third-order valence-electron chi connectivity index (χ3n) is 8.00. The van der Waals surface area contributed by atoms with Gasteiger partial charge in [0.1, 0.15) is 11.6 Å². The molecule has 0 atom stereocenters. The second-order valence-electron chi connectivity index (χ2n) is 11.1. The first-order valence-electron chi connectivity index (χ1n) is 14.4. The number of halogens is 2. The van der Waals surface area contributed by atoms with Gasteiger partial charge < -0.3 is 0 Å². The van der Waals surface area contributed by atoms with Crippen LogP contribution in [-0.4, -0.2) is 64.5 Å². The van der Waals surface area contributed by atoms with Gasteiger partial charge in [0.25, 0.3) is 0 Å². The van der Waals surface area contributed by atoms with E-state index in [1.165, 1.54) is 24.3 Å². The molecule has 2 saturated heterocycles. The summed E-state index contributed by atoms with van der Waals surface area (Å²) in [6, 6.07) is 20.3. The SMILES string of the molecule is CC(=NC1CCN(Cc2ccc(F)cc2)CC1)c1cccc(C(C)=NC2CCN(Cc3ccc(F)cc3)CC2)n1. The molecule has 0 N–H and O–H groups in total. The molecule has 3 aromatic rings. The van der Waals surface area contributed by atoms with Crippen LogP contribution in [0.5, 0.6) is 0 Å². The molecule has 40 heavy (non-hydrogen) atoms. The van der Waals surface area contributed by atoms with Crippen molar-refractivity contribution in [2.45, 2.75) is 64.7 Å². The summed E-state index contributed by atoms with van der Waals surface area (Å²) in [4.78, 5) is 19.8. The number of hydrogen-bond donors (Lipinski definition) is 0. The lowest BCUT2D eigenvalue weighted by molar-refractivity contribution is 0.206. The van der Waals surface area contributed by atoms with Crippen LogP contribution >= 0.6 is 0 Å². The van der Waals surface area contributed by atoms with Crippen molar-refractivity contribution in [3.63, 3.8) is 0 Å². The summed E-state index contributed by atoms with van der Waals surface area (Å²) in [6.07, 6.45) is 4.05. The van der Waals surface area contributed by atoms with Crippen molar-refractivity contribution in [3.8, 4) is 0 Å². The Balaban J connectivity index is 1.12. The van der Waals surface area contributed by atoms with Gasteiger partial charge in [0.05, 0.1) is 34.9 Å². The van der Waals surface area contributed by atoms with Crippen molar-refractivity contribution >= 4 is 11.4 Å².